The molecule has 1 aliphatic heterocycles. The molecule has 5 heteroatoms. The lowest BCUT2D eigenvalue weighted by molar-refractivity contribution is -0.310. The number of likely N-dealkylation sites (tertiary alicyclic amines) is 1. The van der Waals surface area contributed by atoms with Crippen LogP contribution >= 0.6 is 0 Å². The third kappa shape index (κ3) is 1.22. The van der Waals surface area contributed by atoms with Gasteiger partial charge in [0.15, 0.2) is 0 Å². The molecule has 92 valence electrons. The smallest absolute Gasteiger partial charge is 0.233 e. The molecule has 2 bridgehead atoms. The minimum Gasteiger partial charge on any atom is -0.548 e. The van der Waals surface area contributed by atoms with Crippen molar-refractivity contribution in [1.82, 2.24) is 4.90 Å². The molecular formula is C12H14NO4-. The summed E-state index contributed by atoms with van der Waals surface area (Å²) in [6.45, 7) is 1.34. The van der Waals surface area contributed by atoms with Crippen LogP contribution in [0.3, 0.4) is 0 Å². The third-order valence-electron chi connectivity index (χ3n) is 4.69. The molecule has 1 heterocycles. The van der Waals surface area contributed by atoms with Crippen LogP contribution in [0.4, 0.5) is 0 Å². The summed E-state index contributed by atoms with van der Waals surface area (Å²) >= 11 is 0. The monoisotopic (exact) mass is 236 g/mol. The summed E-state index contributed by atoms with van der Waals surface area (Å²) in [6.07, 6.45) is 2.96. The van der Waals surface area contributed by atoms with Crippen LogP contribution in [0, 0.1) is 23.7 Å². The van der Waals surface area contributed by atoms with Crippen LogP contribution in [0.5, 0.6) is 0 Å². The first-order valence-corrected chi connectivity index (χ1v) is 6.10. The number of fused-ring (bicyclic) bond motifs is 5. The summed E-state index contributed by atoms with van der Waals surface area (Å²) in [7, 11) is 0. The number of carboxylic acids is 1. The fourth-order valence-electron chi connectivity index (χ4n) is 3.92. The Morgan fingerprint density at radius 2 is 1.71 bits per heavy atom. The van der Waals surface area contributed by atoms with E-state index in [1.807, 2.05) is 0 Å². The second kappa shape index (κ2) is 3.31. The highest BCUT2D eigenvalue weighted by molar-refractivity contribution is 6.08. The van der Waals surface area contributed by atoms with Gasteiger partial charge in [0, 0.05) is 0 Å². The van der Waals surface area contributed by atoms with Crippen molar-refractivity contribution < 1.29 is 19.5 Å². The van der Waals surface area contributed by atoms with Gasteiger partial charge in [-0.05, 0) is 38.0 Å². The predicted molar refractivity (Wildman–Crippen MR) is 54.1 cm³/mol. The van der Waals surface area contributed by atoms with E-state index in [1.54, 1.807) is 0 Å². The topological polar surface area (TPSA) is 77.5 Å². The molecule has 0 radical (unpaired) electrons. The molecule has 2 aliphatic carbocycles. The van der Waals surface area contributed by atoms with Crippen molar-refractivity contribution in [2.45, 2.75) is 32.2 Å². The Morgan fingerprint density at radius 1 is 1.24 bits per heavy atom. The van der Waals surface area contributed by atoms with Gasteiger partial charge in [0.1, 0.15) is 0 Å². The number of hydrogen-bond acceptors (Lipinski definition) is 4. The lowest BCUT2D eigenvalue weighted by Crippen LogP contribution is -2.49. The van der Waals surface area contributed by atoms with Crippen LogP contribution in [-0.2, 0) is 14.4 Å². The van der Waals surface area contributed by atoms with Gasteiger partial charge in [-0.1, -0.05) is 0 Å². The molecule has 3 rings (SSSR count). The highest BCUT2D eigenvalue weighted by atomic mass is 16.4. The molecule has 0 N–H and O–H groups in total. The Morgan fingerprint density at radius 3 is 2.12 bits per heavy atom. The summed E-state index contributed by atoms with van der Waals surface area (Å²) in [4.78, 5) is 36.0. The van der Waals surface area contributed by atoms with Gasteiger partial charge in [0.05, 0.1) is 23.8 Å². The number of carboxylic acid groups (broad SMARTS) is 1. The predicted octanol–water partition coefficient (Wildman–Crippen LogP) is -0.844. The fraction of sp³-hybridized carbons (Fsp3) is 0.750. The number of aliphatic carboxylic acids is 1. The van der Waals surface area contributed by atoms with Gasteiger partial charge in [-0.2, -0.15) is 0 Å². The lowest BCUT2D eigenvalue weighted by Gasteiger charge is -2.24. The normalized spacial score (nSPS) is 40.9. The molecule has 5 nitrogen and oxygen atoms in total. The van der Waals surface area contributed by atoms with E-state index in [2.05, 4.69) is 0 Å². The molecule has 3 fully saturated rings. The summed E-state index contributed by atoms with van der Waals surface area (Å²) in [5.74, 6) is -1.85. The summed E-state index contributed by atoms with van der Waals surface area (Å²) in [6, 6.07) is -1.14. The maximum atomic E-state index is 12.1. The van der Waals surface area contributed by atoms with E-state index in [9.17, 15) is 19.5 Å². The average Bonchev–Trinajstić information content (AvgIpc) is 2.92. The van der Waals surface area contributed by atoms with E-state index < -0.39 is 12.0 Å². The molecular weight excluding hydrogens is 222 g/mol. The number of rotatable bonds is 2. The van der Waals surface area contributed by atoms with Gasteiger partial charge in [0.2, 0.25) is 11.8 Å². The minimum atomic E-state index is -1.36. The lowest BCUT2D eigenvalue weighted by atomic mass is 9.81. The minimum absolute atomic E-state index is 0.247. The SMILES string of the molecule is C[C@H](C(=O)[O-])N1C(=O)[C@@H]2[C@H]3CC[C@H](C3)[C@@H]2C1=O. The molecule has 2 amide bonds. The van der Waals surface area contributed by atoms with E-state index in [-0.39, 0.29) is 23.7 Å². The zero-order chi connectivity index (χ0) is 12.3. The van der Waals surface area contributed by atoms with Crippen LogP contribution < -0.4 is 5.11 Å². The van der Waals surface area contributed by atoms with Crippen molar-refractivity contribution in [3.8, 4) is 0 Å². The molecule has 5 atom stereocenters. The van der Waals surface area contributed by atoms with E-state index in [1.165, 1.54) is 6.92 Å². The van der Waals surface area contributed by atoms with E-state index in [0.29, 0.717) is 11.8 Å². The number of nitrogens with zero attached hydrogens (tertiary/aromatic N) is 1. The van der Waals surface area contributed by atoms with E-state index in [0.717, 1.165) is 24.2 Å². The zero-order valence-corrected chi connectivity index (χ0v) is 9.59. The van der Waals surface area contributed by atoms with Crippen molar-refractivity contribution in [3.05, 3.63) is 0 Å². The van der Waals surface area contributed by atoms with Crippen molar-refractivity contribution in [1.29, 1.82) is 0 Å². The molecule has 17 heavy (non-hydrogen) atoms. The first-order chi connectivity index (χ1) is 8.02. The molecule has 0 unspecified atom stereocenters. The summed E-state index contributed by atoms with van der Waals surface area (Å²) < 4.78 is 0. The van der Waals surface area contributed by atoms with Gasteiger partial charge in [-0.25, -0.2) is 0 Å². The Bertz CT molecular complexity index is 391. The second-order valence-electron chi connectivity index (χ2n) is 5.43. The summed E-state index contributed by atoms with van der Waals surface area (Å²) in [5.41, 5.74) is 0. The first-order valence-electron chi connectivity index (χ1n) is 6.10. The highest BCUT2D eigenvalue weighted by Gasteiger charge is 2.61. The van der Waals surface area contributed by atoms with Crippen LogP contribution in [-0.4, -0.2) is 28.7 Å². The van der Waals surface area contributed by atoms with Crippen molar-refractivity contribution >= 4 is 17.8 Å². The molecule has 0 spiro atoms. The van der Waals surface area contributed by atoms with Crippen molar-refractivity contribution in [2.24, 2.45) is 23.7 Å². The molecule has 2 saturated carbocycles. The number of hydrogen-bond donors (Lipinski definition) is 0. The number of carbonyl (C=O) groups excluding carboxylic acids is 3. The Balaban J connectivity index is 1.93. The van der Waals surface area contributed by atoms with E-state index >= 15 is 0 Å². The molecule has 0 aromatic rings. The fourth-order valence-corrected chi connectivity index (χ4v) is 3.92. The van der Waals surface area contributed by atoms with Gasteiger partial charge in [-0.3, -0.25) is 14.5 Å². The maximum Gasteiger partial charge on any atom is 0.233 e. The molecule has 1 saturated heterocycles. The molecule has 0 aromatic carbocycles. The first kappa shape index (κ1) is 10.7. The summed E-state index contributed by atoms with van der Waals surface area (Å²) in [5, 5.41) is 10.8. The molecule has 3 aliphatic rings. The van der Waals surface area contributed by atoms with Crippen molar-refractivity contribution in [3.63, 3.8) is 0 Å². The number of amides is 2. The Hall–Kier alpha value is -1.39. The highest BCUT2D eigenvalue weighted by Crippen LogP contribution is 2.56. The Kier molecular flexibility index (Phi) is 2.09. The van der Waals surface area contributed by atoms with Crippen LogP contribution in [0.1, 0.15) is 26.2 Å². The van der Waals surface area contributed by atoms with E-state index in [4.69, 9.17) is 0 Å². The number of carbonyl (C=O) groups is 3. The maximum absolute atomic E-state index is 12.1. The third-order valence-corrected chi connectivity index (χ3v) is 4.69. The van der Waals surface area contributed by atoms with Crippen LogP contribution in [0.25, 0.3) is 0 Å². The van der Waals surface area contributed by atoms with Gasteiger partial charge in [-0.15, -0.1) is 0 Å². The van der Waals surface area contributed by atoms with Gasteiger partial charge >= 0.3 is 0 Å². The Labute approximate surface area is 98.8 Å². The van der Waals surface area contributed by atoms with Crippen molar-refractivity contribution in [2.75, 3.05) is 0 Å². The number of imide groups is 1. The standard InChI is InChI=1S/C12H15NO4/c1-5(12(16)17)13-10(14)8-6-2-3-7(4-6)9(8)11(13)15/h5-9H,2-4H2,1H3,(H,16,17)/p-1/t5-,6-,7+,8+,9-/m1/s1. The average molecular weight is 236 g/mol. The van der Waals surface area contributed by atoms with Crippen LogP contribution in [0.2, 0.25) is 0 Å². The molecule has 0 aromatic heterocycles. The second-order valence-corrected chi connectivity index (χ2v) is 5.43. The quantitative estimate of drug-likeness (QED) is 0.585. The largest absolute Gasteiger partial charge is 0.548 e. The zero-order valence-electron chi connectivity index (χ0n) is 9.59. The van der Waals surface area contributed by atoms with Gasteiger partial charge in [0.25, 0.3) is 0 Å². The van der Waals surface area contributed by atoms with Crippen LogP contribution in [0.15, 0.2) is 0 Å². The van der Waals surface area contributed by atoms with Gasteiger partial charge < -0.3 is 9.90 Å².